The molecule has 1 aliphatic rings. The summed E-state index contributed by atoms with van der Waals surface area (Å²) in [6, 6.07) is 9.01. The minimum atomic E-state index is 0.462. The summed E-state index contributed by atoms with van der Waals surface area (Å²) in [5, 5.41) is 11.7. The second-order valence-electron chi connectivity index (χ2n) is 5.17. The van der Waals surface area contributed by atoms with Crippen molar-refractivity contribution >= 4 is 0 Å². The van der Waals surface area contributed by atoms with Crippen LogP contribution in [0.1, 0.15) is 31.4 Å². The van der Waals surface area contributed by atoms with Crippen LogP contribution in [0.5, 0.6) is 0 Å². The Morgan fingerprint density at radius 2 is 2.00 bits per heavy atom. The summed E-state index contributed by atoms with van der Waals surface area (Å²) in [7, 11) is 1.87. The van der Waals surface area contributed by atoms with E-state index < -0.39 is 0 Å². The molecule has 0 bridgehead atoms. The third kappa shape index (κ3) is 2.38. The van der Waals surface area contributed by atoms with Crippen LogP contribution >= 0.6 is 0 Å². The fourth-order valence-electron chi connectivity index (χ4n) is 2.75. The van der Waals surface area contributed by atoms with Crippen LogP contribution < -0.4 is 0 Å². The van der Waals surface area contributed by atoms with Crippen LogP contribution in [0.15, 0.2) is 24.3 Å². The molecule has 2 heterocycles. The van der Waals surface area contributed by atoms with Crippen molar-refractivity contribution in [1.82, 2.24) is 25.1 Å². The first-order valence-electron chi connectivity index (χ1n) is 6.82. The SMILES string of the molecule is CC(c1cccc(-c2nnnn2C)c1)N1CCCC1. The number of aryl methyl sites for hydroxylation is 1. The van der Waals surface area contributed by atoms with E-state index in [0.29, 0.717) is 6.04 Å². The topological polar surface area (TPSA) is 46.8 Å². The number of benzene rings is 1. The zero-order chi connectivity index (χ0) is 13.2. The normalized spacial score (nSPS) is 17.8. The maximum absolute atomic E-state index is 4.07. The average molecular weight is 257 g/mol. The predicted octanol–water partition coefficient (Wildman–Crippen LogP) is 2.03. The van der Waals surface area contributed by atoms with Crippen molar-refractivity contribution in [3.8, 4) is 11.4 Å². The molecule has 3 rings (SSSR count). The monoisotopic (exact) mass is 257 g/mol. The molecule has 19 heavy (non-hydrogen) atoms. The lowest BCUT2D eigenvalue weighted by atomic mass is 10.0. The molecule has 0 radical (unpaired) electrons. The smallest absolute Gasteiger partial charge is 0.181 e. The van der Waals surface area contributed by atoms with Gasteiger partial charge in [0.05, 0.1) is 0 Å². The van der Waals surface area contributed by atoms with Gasteiger partial charge in [0.2, 0.25) is 0 Å². The van der Waals surface area contributed by atoms with Crippen molar-refractivity contribution in [2.75, 3.05) is 13.1 Å². The highest BCUT2D eigenvalue weighted by molar-refractivity contribution is 5.55. The molecule has 1 aliphatic heterocycles. The van der Waals surface area contributed by atoms with Gasteiger partial charge in [-0.1, -0.05) is 18.2 Å². The van der Waals surface area contributed by atoms with E-state index in [4.69, 9.17) is 0 Å². The van der Waals surface area contributed by atoms with Gasteiger partial charge in [-0.25, -0.2) is 4.68 Å². The number of hydrogen-bond donors (Lipinski definition) is 0. The summed E-state index contributed by atoms with van der Waals surface area (Å²) in [5.74, 6) is 0.815. The molecular formula is C14H19N5. The van der Waals surface area contributed by atoms with Gasteiger partial charge in [-0.3, -0.25) is 4.90 Å². The summed E-state index contributed by atoms with van der Waals surface area (Å²) in [5.41, 5.74) is 2.42. The van der Waals surface area contributed by atoms with Crippen LogP contribution in [0.25, 0.3) is 11.4 Å². The molecule has 2 aromatic rings. The van der Waals surface area contributed by atoms with Crippen LogP contribution in [0.4, 0.5) is 0 Å². The second-order valence-corrected chi connectivity index (χ2v) is 5.17. The third-order valence-electron chi connectivity index (χ3n) is 3.94. The molecule has 0 aliphatic carbocycles. The van der Waals surface area contributed by atoms with Gasteiger partial charge in [0, 0.05) is 18.7 Å². The van der Waals surface area contributed by atoms with Crippen molar-refractivity contribution in [3.05, 3.63) is 29.8 Å². The number of rotatable bonds is 3. The van der Waals surface area contributed by atoms with Crippen molar-refractivity contribution in [1.29, 1.82) is 0 Å². The molecule has 0 saturated carbocycles. The third-order valence-corrected chi connectivity index (χ3v) is 3.94. The van der Waals surface area contributed by atoms with Crippen LogP contribution in [0, 0.1) is 0 Å². The Balaban J connectivity index is 1.89. The van der Waals surface area contributed by atoms with Gasteiger partial charge in [0.15, 0.2) is 5.82 Å². The first-order chi connectivity index (χ1) is 9.25. The lowest BCUT2D eigenvalue weighted by molar-refractivity contribution is 0.263. The molecule has 1 atom stereocenters. The number of likely N-dealkylation sites (tertiary alicyclic amines) is 1. The van der Waals surface area contributed by atoms with E-state index in [1.807, 2.05) is 7.05 Å². The lowest BCUT2D eigenvalue weighted by Crippen LogP contribution is -2.23. The molecule has 1 aromatic heterocycles. The highest BCUT2D eigenvalue weighted by Gasteiger charge is 2.20. The van der Waals surface area contributed by atoms with Gasteiger partial charge in [-0.15, -0.1) is 5.10 Å². The molecule has 0 N–H and O–H groups in total. The maximum Gasteiger partial charge on any atom is 0.181 e. The molecule has 5 nitrogen and oxygen atoms in total. The summed E-state index contributed by atoms with van der Waals surface area (Å²) in [4.78, 5) is 2.54. The zero-order valence-electron chi connectivity index (χ0n) is 11.5. The number of hydrogen-bond acceptors (Lipinski definition) is 4. The maximum atomic E-state index is 4.07. The lowest BCUT2D eigenvalue weighted by Gasteiger charge is -2.24. The Labute approximate surface area is 113 Å². The van der Waals surface area contributed by atoms with E-state index in [9.17, 15) is 0 Å². The van der Waals surface area contributed by atoms with Crippen LogP contribution in [0.2, 0.25) is 0 Å². The second kappa shape index (κ2) is 5.09. The quantitative estimate of drug-likeness (QED) is 0.844. The Morgan fingerprint density at radius 1 is 1.21 bits per heavy atom. The summed E-state index contributed by atoms with van der Waals surface area (Å²) >= 11 is 0. The molecule has 1 fully saturated rings. The standard InChI is InChI=1S/C14H19N5/c1-11(19-8-3-4-9-19)12-6-5-7-13(10-12)14-15-16-17-18(14)2/h5-7,10-11H,3-4,8-9H2,1-2H3. The Morgan fingerprint density at radius 3 is 2.68 bits per heavy atom. The zero-order valence-corrected chi connectivity index (χ0v) is 11.5. The first-order valence-corrected chi connectivity index (χ1v) is 6.82. The van der Waals surface area contributed by atoms with Crippen LogP contribution in [-0.2, 0) is 7.05 Å². The number of nitrogens with zero attached hydrogens (tertiary/aromatic N) is 5. The fourth-order valence-corrected chi connectivity index (χ4v) is 2.75. The molecule has 1 unspecified atom stereocenters. The molecule has 0 spiro atoms. The van der Waals surface area contributed by atoms with Gasteiger partial charge >= 0.3 is 0 Å². The van der Waals surface area contributed by atoms with E-state index in [1.165, 1.54) is 31.5 Å². The van der Waals surface area contributed by atoms with Gasteiger partial charge in [0.1, 0.15) is 0 Å². The van der Waals surface area contributed by atoms with Crippen molar-refractivity contribution in [3.63, 3.8) is 0 Å². The van der Waals surface area contributed by atoms with E-state index in [2.05, 4.69) is 51.6 Å². The molecular weight excluding hydrogens is 238 g/mol. The minimum Gasteiger partial charge on any atom is -0.297 e. The average Bonchev–Trinajstić information content (AvgIpc) is 3.09. The summed E-state index contributed by atoms with van der Waals surface area (Å²) in [6.07, 6.45) is 2.63. The molecule has 1 saturated heterocycles. The Bertz CT molecular complexity index is 556. The highest BCUT2D eigenvalue weighted by atomic mass is 15.5. The van der Waals surface area contributed by atoms with Crippen molar-refractivity contribution < 1.29 is 0 Å². The Hall–Kier alpha value is -1.75. The highest BCUT2D eigenvalue weighted by Crippen LogP contribution is 2.27. The van der Waals surface area contributed by atoms with Crippen LogP contribution in [-0.4, -0.2) is 38.2 Å². The van der Waals surface area contributed by atoms with E-state index in [0.717, 1.165) is 11.4 Å². The van der Waals surface area contributed by atoms with E-state index in [-0.39, 0.29) is 0 Å². The molecule has 0 amide bonds. The number of tetrazole rings is 1. The van der Waals surface area contributed by atoms with Gasteiger partial charge in [-0.05, 0) is 54.9 Å². The van der Waals surface area contributed by atoms with E-state index >= 15 is 0 Å². The number of aromatic nitrogens is 4. The van der Waals surface area contributed by atoms with E-state index in [1.54, 1.807) is 4.68 Å². The summed E-state index contributed by atoms with van der Waals surface area (Å²) < 4.78 is 1.71. The molecule has 100 valence electrons. The minimum absolute atomic E-state index is 0.462. The summed E-state index contributed by atoms with van der Waals surface area (Å²) in [6.45, 7) is 4.69. The molecule has 5 heteroatoms. The predicted molar refractivity (Wildman–Crippen MR) is 73.5 cm³/mol. The van der Waals surface area contributed by atoms with Gasteiger partial charge in [0.25, 0.3) is 0 Å². The van der Waals surface area contributed by atoms with Gasteiger partial charge in [-0.2, -0.15) is 0 Å². The van der Waals surface area contributed by atoms with Crippen LogP contribution in [0.3, 0.4) is 0 Å². The molecule has 1 aromatic carbocycles. The Kier molecular flexibility index (Phi) is 3.29. The van der Waals surface area contributed by atoms with Crippen molar-refractivity contribution in [2.45, 2.75) is 25.8 Å². The first kappa shape index (κ1) is 12.3. The largest absolute Gasteiger partial charge is 0.297 e. The van der Waals surface area contributed by atoms with Crippen molar-refractivity contribution in [2.24, 2.45) is 7.05 Å². The fraction of sp³-hybridized carbons (Fsp3) is 0.500. The van der Waals surface area contributed by atoms with Gasteiger partial charge < -0.3 is 0 Å².